The third kappa shape index (κ3) is 1.83. The molecule has 0 aromatic rings. The SMILES string of the molecule is C[C@@H]1C=CC[C@@](C)(N)C1. The molecule has 0 fully saturated rings. The predicted octanol–water partition coefficient (Wildman–Crippen LogP) is 1.69. The van der Waals surface area contributed by atoms with E-state index in [4.69, 9.17) is 5.73 Å². The lowest BCUT2D eigenvalue weighted by atomic mass is 9.83. The van der Waals surface area contributed by atoms with Crippen LogP contribution in [0, 0.1) is 5.92 Å². The van der Waals surface area contributed by atoms with Crippen LogP contribution in [0.5, 0.6) is 0 Å². The van der Waals surface area contributed by atoms with Crippen LogP contribution in [0.2, 0.25) is 0 Å². The van der Waals surface area contributed by atoms with Gasteiger partial charge in [0.25, 0.3) is 0 Å². The van der Waals surface area contributed by atoms with Crippen LogP contribution in [-0.2, 0) is 0 Å². The van der Waals surface area contributed by atoms with Crippen molar-refractivity contribution < 1.29 is 0 Å². The Balaban J connectivity index is 2.58. The van der Waals surface area contributed by atoms with Gasteiger partial charge < -0.3 is 5.73 Å². The summed E-state index contributed by atoms with van der Waals surface area (Å²) >= 11 is 0. The maximum absolute atomic E-state index is 5.92. The van der Waals surface area contributed by atoms with Crippen LogP contribution in [0.15, 0.2) is 12.2 Å². The molecule has 0 amide bonds. The Morgan fingerprint density at radius 3 is 2.67 bits per heavy atom. The Hall–Kier alpha value is -0.300. The van der Waals surface area contributed by atoms with E-state index in [0.717, 1.165) is 12.8 Å². The van der Waals surface area contributed by atoms with Crippen molar-refractivity contribution in [1.82, 2.24) is 0 Å². The summed E-state index contributed by atoms with van der Waals surface area (Å²) in [7, 11) is 0. The quantitative estimate of drug-likeness (QED) is 0.490. The van der Waals surface area contributed by atoms with Crippen molar-refractivity contribution in [3.05, 3.63) is 12.2 Å². The van der Waals surface area contributed by atoms with Gasteiger partial charge in [-0.3, -0.25) is 0 Å². The third-order valence-electron chi connectivity index (χ3n) is 1.84. The Morgan fingerprint density at radius 2 is 2.33 bits per heavy atom. The highest BCUT2D eigenvalue weighted by Gasteiger charge is 2.21. The van der Waals surface area contributed by atoms with Crippen LogP contribution in [0.25, 0.3) is 0 Å². The summed E-state index contributed by atoms with van der Waals surface area (Å²) in [4.78, 5) is 0. The molecule has 2 atom stereocenters. The Labute approximate surface area is 56.9 Å². The van der Waals surface area contributed by atoms with E-state index in [9.17, 15) is 0 Å². The molecule has 0 saturated carbocycles. The maximum Gasteiger partial charge on any atom is 0.0166 e. The zero-order valence-electron chi connectivity index (χ0n) is 6.22. The van der Waals surface area contributed by atoms with Gasteiger partial charge in [-0.2, -0.15) is 0 Å². The van der Waals surface area contributed by atoms with E-state index < -0.39 is 0 Å². The van der Waals surface area contributed by atoms with E-state index in [-0.39, 0.29) is 5.54 Å². The molecule has 0 unspecified atom stereocenters. The van der Waals surface area contributed by atoms with Crippen molar-refractivity contribution in [2.75, 3.05) is 0 Å². The summed E-state index contributed by atoms with van der Waals surface area (Å²) in [6.07, 6.45) is 6.60. The minimum Gasteiger partial charge on any atom is -0.325 e. The number of hydrogen-bond acceptors (Lipinski definition) is 1. The van der Waals surface area contributed by atoms with Gasteiger partial charge in [0.2, 0.25) is 0 Å². The maximum atomic E-state index is 5.92. The third-order valence-corrected chi connectivity index (χ3v) is 1.84. The average Bonchev–Trinajstić information content (AvgIpc) is 1.60. The first kappa shape index (κ1) is 6.81. The second-order valence-electron chi connectivity index (χ2n) is 3.47. The zero-order chi connectivity index (χ0) is 6.91. The van der Waals surface area contributed by atoms with Gasteiger partial charge in [0, 0.05) is 5.54 Å². The first-order valence-corrected chi connectivity index (χ1v) is 3.56. The number of hydrogen-bond donors (Lipinski definition) is 1. The molecule has 2 N–H and O–H groups in total. The Morgan fingerprint density at radius 1 is 1.67 bits per heavy atom. The van der Waals surface area contributed by atoms with E-state index in [0.29, 0.717) is 5.92 Å². The van der Waals surface area contributed by atoms with E-state index in [1.165, 1.54) is 0 Å². The monoisotopic (exact) mass is 125 g/mol. The van der Waals surface area contributed by atoms with Gasteiger partial charge in [-0.1, -0.05) is 19.1 Å². The predicted molar refractivity (Wildman–Crippen MR) is 40.1 cm³/mol. The molecule has 1 rings (SSSR count). The number of nitrogens with two attached hydrogens (primary N) is 1. The molecule has 0 aromatic heterocycles. The minimum atomic E-state index is 0.0637. The van der Waals surface area contributed by atoms with Crippen LogP contribution < -0.4 is 5.73 Å². The summed E-state index contributed by atoms with van der Waals surface area (Å²) in [5, 5.41) is 0. The minimum absolute atomic E-state index is 0.0637. The smallest absolute Gasteiger partial charge is 0.0166 e. The van der Waals surface area contributed by atoms with Gasteiger partial charge in [-0.05, 0) is 25.7 Å². The van der Waals surface area contributed by atoms with Gasteiger partial charge in [-0.15, -0.1) is 0 Å². The van der Waals surface area contributed by atoms with Gasteiger partial charge in [-0.25, -0.2) is 0 Å². The molecule has 0 aliphatic heterocycles. The molecule has 0 spiro atoms. The fraction of sp³-hybridized carbons (Fsp3) is 0.750. The van der Waals surface area contributed by atoms with Crippen molar-refractivity contribution in [3.63, 3.8) is 0 Å². The second kappa shape index (κ2) is 2.14. The van der Waals surface area contributed by atoms with E-state index in [1.54, 1.807) is 0 Å². The zero-order valence-corrected chi connectivity index (χ0v) is 6.22. The highest BCUT2D eigenvalue weighted by Crippen LogP contribution is 2.23. The van der Waals surface area contributed by atoms with Crippen LogP contribution in [0.4, 0.5) is 0 Å². The van der Waals surface area contributed by atoms with Crippen LogP contribution in [0.1, 0.15) is 26.7 Å². The number of allylic oxidation sites excluding steroid dienone is 1. The fourth-order valence-corrected chi connectivity index (χ4v) is 1.46. The summed E-state index contributed by atoms with van der Waals surface area (Å²) in [6, 6.07) is 0. The lowest BCUT2D eigenvalue weighted by molar-refractivity contribution is 0.374. The first-order valence-electron chi connectivity index (χ1n) is 3.56. The average molecular weight is 125 g/mol. The highest BCUT2D eigenvalue weighted by atomic mass is 14.7. The molecule has 1 aliphatic carbocycles. The fourth-order valence-electron chi connectivity index (χ4n) is 1.46. The summed E-state index contributed by atoms with van der Waals surface area (Å²) in [5.74, 6) is 0.675. The van der Waals surface area contributed by atoms with E-state index >= 15 is 0 Å². The van der Waals surface area contributed by atoms with Gasteiger partial charge in [0.1, 0.15) is 0 Å². The first-order chi connectivity index (χ1) is 4.10. The second-order valence-corrected chi connectivity index (χ2v) is 3.47. The van der Waals surface area contributed by atoms with Crippen molar-refractivity contribution in [2.45, 2.75) is 32.2 Å². The standard InChI is InChI=1S/C8H15N/c1-7-4-3-5-8(2,9)6-7/h3-4,7H,5-6,9H2,1-2H3/t7-,8-/m1/s1. The summed E-state index contributed by atoms with van der Waals surface area (Å²) in [5.41, 5.74) is 5.98. The summed E-state index contributed by atoms with van der Waals surface area (Å²) in [6.45, 7) is 4.33. The van der Waals surface area contributed by atoms with Crippen molar-refractivity contribution >= 4 is 0 Å². The van der Waals surface area contributed by atoms with E-state index in [1.807, 2.05) is 0 Å². The van der Waals surface area contributed by atoms with Crippen molar-refractivity contribution in [2.24, 2.45) is 11.7 Å². The molecule has 0 aromatic carbocycles. The lowest BCUT2D eigenvalue weighted by Crippen LogP contribution is -2.38. The molecular weight excluding hydrogens is 110 g/mol. The highest BCUT2D eigenvalue weighted by molar-refractivity contribution is 5.01. The Kier molecular flexibility index (Phi) is 1.62. The molecule has 52 valence electrons. The molecule has 0 saturated heterocycles. The normalized spacial score (nSPS) is 43.2. The van der Waals surface area contributed by atoms with Crippen LogP contribution >= 0.6 is 0 Å². The molecule has 1 heteroatoms. The van der Waals surface area contributed by atoms with Gasteiger partial charge in [0.15, 0.2) is 0 Å². The van der Waals surface area contributed by atoms with Crippen molar-refractivity contribution in [1.29, 1.82) is 0 Å². The van der Waals surface area contributed by atoms with Crippen molar-refractivity contribution in [3.8, 4) is 0 Å². The Bertz CT molecular complexity index is 125. The molecule has 9 heavy (non-hydrogen) atoms. The lowest BCUT2D eigenvalue weighted by Gasteiger charge is -2.29. The van der Waals surface area contributed by atoms with Crippen LogP contribution in [0.3, 0.4) is 0 Å². The molecule has 0 radical (unpaired) electrons. The molecule has 0 heterocycles. The number of rotatable bonds is 0. The molecular formula is C8H15N. The van der Waals surface area contributed by atoms with Gasteiger partial charge >= 0.3 is 0 Å². The molecule has 1 aliphatic rings. The summed E-state index contributed by atoms with van der Waals surface area (Å²) < 4.78 is 0. The van der Waals surface area contributed by atoms with Crippen LogP contribution in [-0.4, -0.2) is 5.54 Å². The van der Waals surface area contributed by atoms with Gasteiger partial charge in [0.05, 0.1) is 0 Å². The molecule has 0 bridgehead atoms. The molecule has 1 nitrogen and oxygen atoms in total. The largest absolute Gasteiger partial charge is 0.325 e. The van der Waals surface area contributed by atoms with E-state index in [2.05, 4.69) is 26.0 Å². The topological polar surface area (TPSA) is 26.0 Å².